The van der Waals surface area contributed by atoms with Crippen molar-refractivity contribution in [1.82, 2.24) is 5.32 Å². The number of ether oxygens (including phenoxy) is 1. The van der Waals surface area contributed by atoms with E-state index in [2.05, 4.69) is 19.2 Å². The second kappa shape index (κ2) is 8.59. The molecule has 4 nitrogen and oxygen atoms in total. The number of amides is 1. The molecule has 1 atom stereocenters. The number of hydrogen-bond donors (Lipinski definition) is 2. The molecule has 112 valence electrons. The number of rotatable bonds is 8. The average Bonchev–Trinajstić information content (AvgIpc) is 2.45. The minimum Gasteiger partial charge on any atom is -0.493 e. The predicted molar refractivity (Wildman–Crippen MR) is 80.0 cm³/mol. The highest BCUT2D eigenvalue weighted by molar-refractivity contribution is 5.94. The summed E-state index contributed by atoms with van der Waals surface area (Å²) in [5.41, 5.74) is 0.581. The normalized spacial score (nSPS) is 12.2. The van der Waals surface area contributed by atoms with Gasteiger partial charge in [-0.1, -0.05) is 26.8 Å². The highest BCUT2D eigenvalue weighted by Crippen LogP contribution is 2.14. The Labute approximate surface area is 121 Å². The lowest BCUT2D eigenvalue weighted by atomic mass is 10.1. The first-order chi connectivity index (χ1) is 9.52. The lowest BCUT2D eigenvalue weighted by Crippen LogP contribution is -2.27. The largest absolute Gasteiger partial charge is 0.493 e. The second-order valence-corrected chi connectivity index (χ2v) is 5.34. The molecule has 20 heavy (non-hydrogen) atoms. The quantitative estimate of drug-likeness (QED) is 0.769. The van der Waals surface area contributed by atoms with E-state index >= 15 is 0 Å². The van der Waals surface area contributed by atoms with Gasteiger partial charge in [-0.25, -0.2) is 0 Å². The summed E-state index contributed by atoms with van der Waals surface area (Å²) in [7, 11) is 0. The standard InChI is InChI=1S/C16H25NO3/c1-4-14(18)8-9-17-16(19)13-6-5-7-15(10-13)20-11-12(2)3/h5-7,10,12,14,18H,4,8-9,11H2,1-3H3,(H,17,19). The summed E-state index contributed by atoms with van der Waals surface area (Å²) in [6.07, 6.45) is 0.927. The van der Waals surface area contributed by atoms with Crippen LogP contribution in [0.15, 0.2) is 24.3 Å². The van der Waals surface area contributed by atoms with E-state index < -0.39 is 0 Å². The van der Waals surface area contributed by atoms with Crippen molar-refractivity contribution in [2.24, 2.45) is 5.92 Å². The Morgan fingerprint density at radius 2 is 2.15 bits per heavy atom. The molecule has 1 unspecified atom stereocenters. The minimum absolute atomic E-state index is 0.136. The summed E-state index contributed by atoms with van der Waals surface area (Å²) < 4.78 is 5.60. The van der Waals surface area contributed by atoms with Crippen molar-refractivity contribution in [1.29, 1.82) is 0 Å². The van der Waals surface area contributed by atoms with Gasteiger partial charge in [0.1, 0.15) is 5.75 Å². The molecule has 0 aliphatic heterocycles. The van der Waals surface area contributed by atoms with E-state index in [4.69, 9.17) is 4.74 Å². The Morgan fingerprint density at radius 3 is 2.80 bits per heavy atom. The fraction of sp³-hybridized carbons (Fsp3) is 0.562. The fourth-order valence-corrected chi connectivity index (χ4v) is 1.65. The Kier molecular flexibility index (Phi) is 7.09. The maximum Gasteiger partial charge on any atom is 0.251 e. The number of benzene rings is 1. The van der Waals surface area contributed by atoms with E-state index in [0.717, 1.165) is 0 Å². The van der Waals surface area contributed by atoms with Crippen LogP contribution in [-0.4, -0.2) is 30.3 Å². The van der Waals surface area contributed by atoms with Crippen molar-refractivity contribution in [3.63, 3.8) is 0 Å². The van der Waals surface area contributed by atoms with Gasteiger partial charge < -0.3 is 15.2 Å². The second-order valence-electron chi connectivity index (χ2n) is 5.34. The van der Waals surface area contributed by atoms with Crippen LogP contribution >= 0.6 is 0 Å². The molecule has 0 radical (unpaired) electrons. The van der Waals surface area contributed by atoms with E-state index in [-0.39, 0.29) is 12.0 Å². The van der Waals surface area contributed by atoms with Crippen LogP contribution in [-0.2, 0) is 0 Å². The molecule has 1 aromatic rings. The first-order valence-corrected chi connectivity index (χ1v) is 7.22. The van der Waals surface area contributed by atoms with Crippen LogP contribution in [0.5, 0.6) is 5.75 Å². The van der Waals surface area contributed by atoms with E-state index in [9.17, 15) is 9.90 Å². The molecule has 0 aliphatic carbocycles. The highest BCUT2D eigenvalue weighted by atomic mass is 16.5. The van der Waals surface area contributed by atoms with Gasteiger partial charge in [-0.2, -0.15) is 0 Å². The lowest BCUT2D eigenvalue weighted by molar-refractivity contribution is 0.0941. The van der Waals surface area contributed by atoms with Crippen molar-refractivity contribution in [3.05, 3.63) is 29.8 Å². The number of aliphatic hydroxyl groups is 1. The molecule has 0 spiro atoms. The average molecular weight is 279 g/mol. The molecule has 4 heteroatoms. The molecule has 0 fully saturated rings. The van der Waals surface area contributed by atoms with Crippen molar-refractivity contribution >= 4 is 5.91 Å². The Bertz CT molecular complexity index is 418. The molecular weight excluding hydrogens is 254 g/mol. The van der Waals surface area contributed by atoms with Crippen molar-refractivity contribution < 1.29 is 14.6 Å². The number of hydrogen-bond acceptors (Lipinski definition) is 3. The summed E-state index contributed by atoms with van der Waals surface area (Å²) in [6, 6.07) is 7.16. The number of aliphatic hydroxyl groups excluding tert-OH is 1. The molecule has 1 amide bonds. The summed E-state index contributed by atoms with van der Waals surface area (Å²) in [4.78, 5) is 12.0. The third-order valence-corrected chi connectivity index (χ3v) is 2.91. The van der Waals surface area contributed by atoms with Crippen LogP contribution in [0.4, 0.5) is 0 Å². The molecule has 0 saturated carbocycles. The smallest absolute Gasteiger partial charge is 0.251 e. The molecule has 0 aromatic heterocycles. The van der Waals surface area contributed by atoms with Crippen LogP contribution in [0.2, 0.25) is 0 Å². The van der Waals surface area contributed by atoms with E-state index in [1.54, 1.807) is 12.1 Å². The Balaban J connectivity index is 2.49. The van der Waals surface area contributed by atoms with Crippen LogP contribution in [0.3, 0.4) is 0 Å². The first-order valence-electron chi connectivity index (χ1n) is 7.22. The summed E-state index contributed by atoms with van der Waals surface area (Å²) in [5.74, 6) is 1.02. The highest BCUT2D eigenvalue weighted by Gasteiger charge is 2.08. The van der Waals surface area contributed by atoms with Crippen LogP contribution in [0, 0.1) is 5.92 Å². The summed E-state index contributed by atoms with van der Waals surface area (Å²) in [6.45, 7) is 7.19. The van der Waals surface area contributed by atoms with Gasteiger partial charge in [0.15, 0.2) is 0 Å². The summed E-state index contributed by atoms with van der Waals surface area (Å²) >= 11 is 0. The van der Waals surface area contributed by atoms with Gasteiger partial charge in [-0.3, -0.25) is 4.79 Å². The maximum atomic E-state index is 12.0. The molecule has 1 aromatic carbocycles. The van der Waals surface area contributed by atoms with Crippen molar-refractivity contribution in [3.8, 4) is 5.75 Å². The predicted octanol–water partition coefficient (Wildman–Crippen LogP) is 2.61. The SMILES string of the molecule is CCC(O)CCNC(=O)c1cccc(OCC(C)C)c1. The molecule has 0 aliphatic rings. The molecule has 2 N–H and O–H groups in total. The molecule has 0 saturated heterocycles. The maximum absolute atomic E-state index is 12.0. The number of carbonyl (C=O) groups excluding carboxylic acids is 1. The lowest BCUT2D eigenvalue weighted by Gasteiger charge is -2.11. The molecule has 0 bridgehead atoms. The van der Waals surface area contributed by atoms with Crippen LogP contribution in [0.25, 0.3) is 0 Å². The van der Waals surface area contributed by atoms with Gasteiger partial charge in [0.25, 0.3) is 5.91 Å². The van der Waals surface area contributed by atoms with E-state index in [0.29, 0.717) is 43.2 Å². The monoisotopic (exact) mass is 279 g/mol. The van der Waals surface area contributed by atoms with Crippen LogP contribution < -0.4 is 10.1 Å². The number of nitrogens with one attached hydrogen (secondary N) is 1. The first kappa shape index (κ1) is 16.5. The van der Waals surface area contributed by atoms with Crippen molar-refractivity contribution in [2.75, 3.05) is 13.2 Å². The van der Waals surface area contributed by atoms with Gasteiger partial charge in [0.05, 0.1) is 12.7 Å². The van der Waals surface area contributed by atoms with Crippen LogP contribution in [0.1, 0.15) is 44.0 Å². The third kappa shape index (κ3) is 6.06. The number of carbonyl (C=O) groups is 1. The van der Waals surface area contributed by atoms with E-state index in [1.165, 1.54) is 0 Å². The third-order valence-electron chi connectivity index (χ3n) is 2.91. The van der Waals surface area contributed by atoms with Gasteiger partial charge in [0, 0.05) is 12.1 Å². The molecule has 1 rings (SSSR count). The van der Waals surface area contributed by atoms with Gasteiger partial charge >= 0.3 is 0 Å². The fourth-order valence-electron chi connectivity index (χ4n) is 1.65. The van der Waals surface area contributed by atoms with Gasteiger partial charge in [-0.15, -0.1) is 0 Å². The Hall–Kier alpha value is -1.55. The molecular formula is C16H25NO3. The Morgan fingerprint density at radius 1 is 1.40 bits per heavy atom. The molecule has 0 heterocycles. The summed E-state index contributed by atoms with van der Waals surface area (Å²) in [5, 5.41) is 12.2. The van der Waals surface area contributed by atoms with Gasteiger partial charge in [0.2, 0.25) is 0 Å². The zero-order chi connectivity index (χ0) is 15.0. The minimum atomic E-state index is -0.351. The zero-order valence-corrected chi connectivity index (χ0v) is 12.6. The van der Waals surface area contributed by atoms with Gasteiger partial charge in [-0.05, 0) is 37.0 Å². The zero-order valence-electron chi connectivity index (χ0n) is 12.6. The topological polar surface area (TPSA) is 58.6 Å². The van der Waals surface area contributed by atoms with Crippen molar-refractivity contribution in [2.45, 2.75) is 39.7 Å². The van der Waals surface area contributed by atoms with E-state index in [1.807, 2.05) is 19.1 Å².